The van der Waals surface area contributed by atoms with Gasteiger partial charge in [-0.1, -0.05) is 32.0 Å². The van der Waals surface area contributed by atoms with Crippen LogP contribution in [0.15, 0.2) is 24.3 Å². The molecule has 0 radical (unpaired) electrons. The highest BCUT2D eigenvalue weighted by molar-refractivity contribution is 5.85. The van der Waals surface area contributed by atoms with Crippen LogP contribution in [0.1, 0.15) is 31.4 Å². The molecule has 120 valence electrons. The SMILES string of the molecule is CC1(C)CN(Cc2cccc(C(F)(F)F)c2)CCC1N.Cl. The molecule has 0 aliphatic carbocycles. The number of alkyl halides is 3. The van der Waals surface area contributed by atoms with Crippen molar-refractivity contribution in [1.82, 2.24) is 4.90 Å². The molecule has 0 aromatic heterocycles. The molecule has 1 atom stereocenters. The molecule has 2 N–H and O–H groups in total. The van der Waals surface area contributed by atoms with Gasteiger partial charge in [0.2, 0.25) is 0 Å². The number of halogens is 4. The van der Waals surface area contributed by atoms with Crippen LogP contribution in [-0.4, -0.2) is 24.0 Å². The maximum atomic E-state index is 12.7. The van der Waals surface area contributed by atoms with Crippen molar-refractivity contribution in [3.63, 3.8) is 0 Å². The van der Waals surface area contributed by atoms with E-state index in [0.717, 1.165) is 25.6 Å². The Kier molecular flexibility index (Phi) is 5.69. The Morgan fingerprint density at radius 2 is 2.00 bits per heavy atom. The zero-order chi connectivity index (χ0) is 15.0. The minimum atomic E-state index is -4.28. The lowest BCUT2D eigenvalue weighted by atomic mass is 9.79. The van der Waals surface area contributed by atoms with Crippen LogP contribution < -0.4 is 5.73 Å². The summed E-state index contributed by atoms with van der Waals surface area (Å²) in [5, 5.41) is 0. The molecule has 2 rings (SSSR count). The number of hydrogen-bond acceptors (Lipinski definition) is 2. The minimum absolute atomic E-state index is 0. The van der Waals surface area contributed by atoms with E-state index >= 15 is 0 Å². The van der Waals surface area contributed by atoms with Gasteiger partial charge in [-0.25, -0.2) is 0 Å². The highest BCUT2D eigenvalue weighted by Crippen LogP contribution is 2.31. The van der Waals surface area contributed by atoms with Crippen molar-refractivity contribution < 1.29 is 13.2 Å². The Bertz CT molecular complexity index is 474. The van der Waals surface area contributed by atoms with E-state index in [1.165, 1.54) is 12.1 Å². The van der Waals surface area contributed by atoms with Crippen molar-refractivity contribution in [3.05, 3.63) is 35.4 Å². The van der Waals surface area contributed by atoms with Crippen LogP contribution in [0.4, 0.5) is 13.2 Å². The van der Waals surface area contributed by atoms with Gasteiger partial charge >= 0.3 is 6.18 Å². The first-order valence-corrected chi connectivity index (χ1v) is 6.82. The number of hydrogen-bond donors (Lipinski definition) is 1. The van der Waals surface area contributed by atoms with Gasteiger partial charge in [-0.15, -0.1) is 12.4 Å². The summed E-state index contributed by atoms with van der Waals surface area (Å²) in [6.45, 7) is 6.40. The molecule has 0 amide bonds. The van der Waals surface area contributed by atoms with E-state index in [1.807, 2.05) is 0 Å². The van der Waals surface area contributed by atoms with Crippen LogP contribution in [0.2, 0.25) is 0 Å². The van der Waals surface area contributed by atoms with Crippen molar-refractivity contribution in [1.29, 1.82) is 0 Å². The van der Waals surface area contributed by atoms with E-state index in [0.29, 0.717) is 12.1 Å². The highest BCUT2D eigenvalue weighted by atomic mass is 35.5. The Morgan fingerprint density at radius 1 is 1.33 bits per heavy atom. The monoisotopic (exact) mass is 322 g/mol. The van der Waals surface area contributed by atoms with E-state index in [9.17, 15) is 13.2 Å². The van der Waals surface area contributed by atoms with Crippen LogP contribution in [-0.2, 0) is 12.7 Å². The van der Waals surface area contributed by atoms with E-state index in [-0.39, 0.29) is 23.9 Å². The zero-order valence-corrected chi connectivity index (χ0v) is 13.1. The molecule has 2 nitrogen and oxygen atoms in total. The highest BCUT2D eigenvalue weighted by Gasteiger charge is 2.34. The molecule has 1 unspecified atom stereocenters. The van der Waals surface area contributed by atoms with Crippen LogP contribution in [0.25, 0.3) is 0 Å². The van der Waals surface area contributed by atoms with Gasteiger partial charge in [0.05, 0.1) is 5.56 Å². The predicted octanol–water partition coefficient (Wildman–Crippen LogP) is 3.69. The molecule has 1 aliphatic heterocycles. The Hall–Kier alpha value is -0.780. The van der Waals surface area contributed by atoms with Gasteiger partial charge in [-0.05, 0) is 23.5 Å². The minimum Gasteiger partial charge on any atom is -0.327 e. The largest absolute Gasteiger partial charge is 0.416 e. The second-order valence-corrected chi connectivity index (χ2v) is 6.29. The van der Waals surface area contributed by atoms with E-state index in [2.05, 4.69) is 18.7 Å². The summed E-state index contributed by atoms with van der Waals surface area (Å²) < 4.78 is 38.1. The third kappa shape index (κ3) is 4.59. The number of rotatable bonds is 2. The third-order valence-electron chi connectivity index (χ3n) is 4.05. The maximum Gasteiger partial charge on any atom is 0.416 e. The summed E-state index contributed by atoms with van der Waals surface area (Å²) in [7, 11) is 0. The normalized spacial score (nSPS) is 22.7. The van der Waals surface area contributed by atoms with Crippen molar-refractivity contribution in [2.75, 3.05) is 13.1 Å². The molecule has 0 saturated carbocycles. The number of nitrogens with zero attached hydrogens (tertiary/aromatic N) is 1. The molecule has 1 aromatic carbocycles. The summed E-state index contributed by atoms with van der Waals surface area (Å²) >= 11 is 0. The summed E-state index contributed by atoms with van der Waals surface area (Å²) in [6, 6.07) is 5.72. The van der Waals surface area contributed by atoms with Gasteiger partial charge in [0, 0.05) is 25.7 Å². The Balaban J connectivity index is 0.00000220. The number of benzene rings is 1. The van der Waals surface area contributed by atoms with Crippen molar-refractivity contribution in [2.45, 2.75) is 39.0 Å². The summed E-state index contributed by atoms with van der Waals surface area (Å²) in [6.07, 6.45) is -3.40. The topological polar surface area (TPSA) is 29.3 Å². The quantitative estimate of drug-likeness (QED) is 0.900. The number of nitrogens with two attached hydrogens (primary N) is 1. The second-order valence-electron chi connectivity index (χ2n) is 6.29. The lowest BCUT2D eigenvalue weighted by molar-refractivity contribution is -0.137. The van der Waals surface area contributed by atoms with Gasteiger partial charge in [0.15, 0.2) is 0 Å². The first-order valence-electron chi connectivity index (χ1n) is 6.82. The van der Waals surface area contributed by atoms with Crippen LogP contribution in [0.5, 0.6) is 0 Å². The molecular weight excluding hydrogens is 301 g/mol. The van der Waals surface area contributed by atoms with Gasteiger partial charge < -0.3 is 5.73 Å². The molecule has 1 aliphatic rings. The molecule has 0 spiro atoms. The summed E-state index contributed by atoms with van der Waals surface area (Å²) in [5.41, 5.74) is 6.19. The fraction of sp³-hybridized carbons (Fsp3) is 0.600. The average Bonchev–Trinajstić information content (AvgIpc) is 2.33. The molecule has 1 aromatic rings. The Labute approximate surface area is 129 Å². The van der Waals surface area contributed by atoms with Crippen LogP contribution in [0.3, 0.4) is 0 Å². The molecule has 21 heavy (non-hydrogen) atoms. The van der Waals surface area contributed by atoms with Crippen molar-refractivity contribution in [2.24, 2.45) is 11.1 Å². The molecule has 1 heterocycles. The predicted molar refractivity (Wildman–Crippen MR) is 80.3 cm³/mol. The second kappa shape index (κ2) is 6.55. The number of piperidine rings is 1. The summed E-state index contributed by atoms with van der Waals surface area (Å²) in [5.74, 6) is 0. The molecular formula is C15H22ClF3N2. The fourth-order valence-corrected chi connectivity index (χ4v) is 2.72. The molecule has 1 saturated heterocycles. The van der Waals surface area contributed by atoms with E-state index in [1.54, 1.807) is 6.07 Å². The standard InChI is InChI=1S/C15H21F3N2.ClH/c1-14(2)10-20(7-6-13(14)19)9-11-4-3-5-12(8-11)15(16,17)18;/h3-5,8,13H,6-7,9-10,19H2,1-2H3;1H. The van der Waals surface area contributed by atoms with Gasteiger partial charge in [0.25, 0.3) is 0 Å². The third-order valence-corrected chi connectivity index (χ3v) is 4.05. The maximum absolute atomic E-state index is 12.7. The lowest BCUT2D eigenvalue weighted by Crippen LogP contribution is -2.52. The van der Waals surface area contributed by atoms with Gasteiger partial charge in [-0.3, -0.25) is 4.90 Å². The first-order chi connectivity index (χ1) is 9.18. The van der Waals surface area contributed by atoms with Gasteiger partial charge in [-0.2, -0.15) is 13.2 Å². The van der Waals surface area contributed by atoms with Crippen LogP contribution >= 0.6 is 12.4 Å². The summed E-state index contributed by atoms with van der Waals surface area (Å²) in [4.78, 5) is 2.18. The lowest BCUT2D eigenvalue weighted by Gasteiger charge is -2.42. The van der Waals surface area contributed by atoms with Gasteiger partial charge in [0.1, 0.15) is 0 Å². The zero-order valence-electron chi connectivity index (χ0n) is 12.3. The Morgan fingerprint density at radius 3 is 2.57 bits per heavy atom. The smallest absolute Gasteiger partial charge is 0.327 e. The van der Waals surface area contributed by atoms with Crippen LogP contribution in [0, 0.1) is 5.41 Å². The fourth-order valence-electron chi connectivity index (χ4n) is 2.72. The molecule has 0 bridgehead atoms. The van der Waals surface area contributed by atoms with E-state index < -0.39 is 11.7 Å². The first kappa shape index (κ1) is 18.3. The average molecular weight is 323 g/mol. The van der Waals surface area contributed by atoms with Crippen molar-refractivity contribution >= 4 is 12.4 Å². The van der Waals surface area contributed by atoms with E-state index in [4.69, 9.17) is 5.73 Å². The van der Waals surface area contributed by atoms with Crippen molar-refractivity contribution in [3.8, 4) is 0 Å². The molecule has 1 fully saturated rings. The number of likely N-dealkylation sites (tertiary alicyclic amines) is 1. The molecule has 6 heteroatoms.